The lowest BCUT2D eigenvalue weighted by Crippen LogP contribution is -2.60. The minimum Gasteiger partial charge on any atom is -0.338 e. The Kier molecular flexibility index (Phi) is 7.29. The minimum absolute atomic E-state index is 0. The molecular weight excluding hydrogens is 316 g/mol. The van der Waals surface area contributed by atoms with Gasteiger partial charge in [0.1, 0.15) is 0 Å². The first-order chi connectivity index (χ1) is 10.4. The van der Waals surface area contributed by atoms with Gasteiger partial charge in [0, 0.05) is 26.2 Å². The number of nitrogens with two attached hydrogens (primary N) is 1. The summed E-state index contributed by atoms with van der Waals surface area (Å²) < 4.78 is 0. The van der Waals surface area contributed by atoms with E-state index in [9.17, 15) is 9.59 Å². The molecule has 7 heteroatoms. The first-order valence-corrected chi connectivity index (χ1v) is 8.44. The van der Waals surface area contributed by atoms with Gasteiger partial charge in [-0.3, -0.25) is 14.5 Å². The molecule has 0 saturated carbocycles. The van der Waals surface area contributed by atoms with E-state index in [4.69, 9.17) is 5.73 Å². The Hall–Kier alpha value is -0.850. The summed E-state index contributed by atoms with van der Waals surface area (Å²) in [7, 11) is 2.01. The SMILES string of the molecule is CCCC(C)(N)C(=O)N1CCN(C(=O)C2CCCN2C)CC1.Cl. The van der Waals surface area contributed by atoms with E-state index in [1.54, 1.807) is 0 Å². The van der Waals surface area contributed by atoms with Crippen molar-refractivity contribution < 1.29 is 9.59 Å². The van der Waals surface area contributed by atoms with Gasteiger partial charge in [-0.25, -0.2) is 0 Å². The topological polar surface area (TPSA) is 69.9 Å². The number of rotatable bonds is 4. The normalized spacial score (nSPS) is 25.0. The number of nitrogens with zero attached hydrogens (tertiary/aromatic N) is 3. The largest absolute Gasteiger partial charge is 0.338 e. The monoisotopic (exact) mass is 346 g/mol. The van der Waals surface area contributed by atoms with Gasteiger partial charge in [0.25, 0.3) is 0 Å². The number of likely N-dealkylation sites (N-methyl/N-ethyl adjacent to an activating group) is 1. The standard InChI is InChI=1S/C16H30N4O2.ClH/c1-4-7-16(2,17)15(22)20-11-9-19(10-12-20)14(21)13-6-5-8-18(13)3;/h13H,4-12,17H2,1-3H3;1H. The molecule has 0 aromatic rings. The average molecular weight is 347 g/mol. The van der Waals surface area contributed by atoms with E-state index in [1.165, 1.54) is 0 Å². The molecule has 0 aromatic carbocycles. The molecule has 2 unspecified atom stereocenters. The number of likely N-dealkylation sites (tertiary alicyclic amines) is 1. The summed E-state index contributed by atoms with van der Waals surface area (Å²) in [5, 5.41) is 0. The summed E-state index contributed by atoms with van der Waals surface area (Å²) in [5.41, 5.74) is 5.35. The van der Waals surface area contributed by atoms with Gasteiger partial charge < -0.3 is 15.5 Å². The predicted molar refractivity (Wildman–Crippen MR) is 93.6 cm³/mol. The molecular formula is C16H31ClN4O2. The van der Waals surface area contributed by atoms with E-state index in [1.807, 2.05) is 30.7 Å². The third-order valence-electron chi connectivity index (χ3n) is 4.94. The number of hydrogen-bond acceptors (Lipinski definition) is 4. The van der Waals surface area contributed by atoms with Crippen LogP contribution in [-0.4, -0.2) is 77.9 Å². The quantitative estimate of drug-likeness (QED) is 0.813. The molecule has 0 bridgehead atoms. The van der Waals surface area contributed by atoms with E-state index in [0.29, 0.717) is 32.6 Å². The van der Waals surface area contributed by atoms with Crippen molar-refractivity contribution in [3.63, 3.8) is 0 Å². The fraction of sp³-hybridized carbons (Fsp3) is 0.875. The maximum absolute atomic E-state index is 12.5. The van der Waals surface area contributed by atoms with Crippen LogP contribution in [0.1, 0.15) is 39.5 Å². The second-order valence-corrected chi connectivity index (χ2v) is 6.92. The van der Waals surface area contributed by atoms with Crippen LogP contribution in [-0.2, 0) is 9.59 Å². The zero-order valence-electron chi connectivity index (χ0n) is 14.6. The predicted octanol–water partition coefficient (Wildman–Crippen LogP) is 0.691. The van der Waals surface area contributed by atoms with Crippen LogP contribution < -0.4 is 5.73 Å². The number of hydrogen-bond donors (Lipinski definition) is 1. The van der Waals surface area contributed by atoms with E-state index >= 15 is 0 Å². The molecule has 0 aliphatic carbocycles. The van der Waals surface area contributed by atoms with Gasteiger partial charge in [0.05, 0.1) is 11.6 Å². The van der Waals surface area contributed by atoms with Gasteiger partial charge in [0.2, 0.25) is 11.8 Å². The molecule has 2 fully saturated rings. The summed E-state index contributed by atoms with van der Waals surface area (Å²) in [6, 6.07) is 0.0297. The molecule has 2 saturated heterocycles. The second-order valence-electron chi connectivity index (χ2n) is 6.92. The summed E-state index contributed by atoms with van der Waals surface area (Å²) >= 11 is 0. The van der Waals surface area contributed by atoms with Crippen molar-refractivity contribution >= 4 is 24.2 Å². The highest BCUT2D eigenvalue weighted by Gasteiger charge is 2.36. The summed E-state index contributed by atoms with van der Waals surface area (Å²) in [6.07, 6.45) is 3.63. The van der Waals surface area contributed by atoms with Crippen molar-refractivity contribution in [2.24, 2.45) is 5.73 Å². The maximum atomic E-state index is 12.5. The summed E-state index contributed by atoms with van der Waals surface area (Å²) in [5.74, 6) is 0.232. The second kappa shape index (κ2) is 8.31. The molecule has 23 heavy (non-hydrogen) atoms. The van der Waals surface area contributed by atoms with E-state index in [-0.39, 0.29) is 30.3 Å². The lowest BCUT2D eigenvalue weighted by Gasteiger charge is -2.39. The van der Waals surface area contributed by atoms with Crippen molar-refractivity contribution in [3.8, 4) is 0 Å². The van der Waals surface area contributed by atoms with Crippen LogP contribution in [0.5, 0.6) is 0 Å². The molecule has 6 nitrogen and oxygen atoms in total. The lowest BCUT2D eigenvalue weighted by atomic mass is 9.95. The average Bonchev–Trinajstić information content (AvgIpc) is 2.92. The van der Waals surface area contributed by atoms with Crippen molar-refractivity contribution in [1.29, 1.82) is 0 Å². The highest BCUT2D eigenvalue weighted by Crippen LogP contribution is 2.19. The van der Waals surface area contributed by atoms with Crippen LogP contribution in [0, 0.1) is 0 Å². The first kappa shape index (κ1) is 20.2. The van der Waals surface area contributed by atoms with Crippen LogP contribution in [0.15, 0.2) is 0 Å². The third-order valence-corrected chi connectivity index (χ3v) is 4.94. The fourth-order valence-electron chi connectivity index (χ4n) is 3.55. The Morgan fingerprint density at radius 2 is 1.70 bits per heavy atom. The van der Waals surface area contributed by atoms with Crippen molar-refractivity contribution in [2.45, 2.75) is 51.1 Å². The highest BCUT2D eigenvalue weighted by atomic mass is 35.5. The Bertz CT molecular complexity index is 422. The Morgan fingerprint density at radius 1 is 1.13 bits per heavy atom. The number of piperazine rings is 1. The van der Waals surface area contributed by atoms with Gasteiger partial charge in [-0.05, 0) is 39.8 Å². The van der Waals surface area contributed by atoms with E-state index in [0.717, 1.165) is 25.8 Å². The van der Waals surface area contributed by atoms with Crippen molar-refractivity contribution in [2.75, 3.05) is 39.8 Å². The lowest BCUT2D eigenvalue weighted by molar-refractivity contribution is -0.144. The van der Waals surface area contributed by atoms with Gasteiger partial charge in [0.15, 0.2) is 0 Å². The summed E-state index contributed by atoms with van der Waals surface area (Å²) in [6.45, 7) is 7.28. The smallest absolute Gasteiger partial charge is 0.242 e. The molecule has 2 amide bonds. The number of carbonyl (C=O) groups is 2. The van der Waals surface area contributed by atoms with Crippen LogP contribution in [0.25, 0.3) is 0 Å². The Morgan fingerprint density at radius 3 is 2.17 bits per heavy atom. The van der Waals surface area contributed by atoms with Gasteiger partial charge >= 0.3 is 0 Å². The number of amides is 2. The molecule has 2 atom stereocenters. The Balaban J connectivity index is 0.00000264. The van der Waals surface area contributed by atoms with Crippen molar-refractivity contribution in [1.82, 2.24) is 14.7 Å². The first-order valence-electron chi connectivity index (χ1n) is 8.44. The number of carbonyl (C=O) groups excluding carboxylic acids is 2. The molecule has 0 aromatic heterocycles. The maximum Gasteiger partial charge on any atom is 0.242 e. The molecule has 2 rings (SSSR count). The van der Waals surface area contributed by atoms with Crippen molar-refractivity contribution in [3.05, 3.63) is 0 Å². The molecule has 2 heterocycles. The molecule has 0 radical (unpaired) electrons. The van der Waals surface area contributed by atoms with Crippen LogP contribution in [0.4, 0.5) is 0 Å². The molecule has 2 aliphatic rings. The number of halogens is 1. The van der Waals surface area contributed by atoms with E-state index < -0.39 is 5.54 Å². The molecule has 2 N–H and O–H groups in total. The van der Waals surface area contributed by atoms with E-state index in [2.05, 4.69) is 4.90 Å². The Labute approximate surface area is 145 Å². The van der Waals surface area contributed by atoms with Gasteiger partial charge in [-0.1, -0.05) is 13.3 Å². The molecule has 2 aliphatic heterocycles. The molecule has 0 spiro atoms. The van der Waals surface area contributed by atoms with Gasteiger partial charge in [-0.2, -0.15) is 0 Å². The van der Waals surface area contributed by atoms with Crippen LogP contribution in [0.2, 0.25) is 0 Å². The zero-order valence-corrected chi connectivity index (χ0v) is 15.4. The van der Waals surface area contributed by atoms with Crippen LogP contribution in [0.3, 0.4) is 0 Å². The van der Waals surface area contributed by atoms with Gasteiger partial charge in [-0.15, -0.1) is 12.4 Å². The highest BCUT2D eigenvalue weighted by molar-refractivity contribution is 5.86. The van der Waals surface area contributed by atoms with Crippen LogP contribution >= 0.6 is 12.4 Å². The minimum atomic E-state index is -0.785. The molecule has 134 valence electrons. The zero-order chi connectivity index (χ0) is 16.3. The fourth-order valence-corrected chi connectivity index (χ4v) is 3.55. The third kappa shape index (κ3) is 4.58. The summed E-state index contributed by atoms with van der Waals surface area (Å²) in [4.78, 5) is 30.9.